The molecular weight excluding hydrogens is 392 g/mol. The van der Waals surface area contributed by atoms with Gasteiger partial charge >= 0.3 is 0 Å². The maximum atomic E-state index is 11.6. The van der Waals surface area contributed by atoms with Crippen LogP contribution in [-0.4, -0.2) is 6.29 Å². The van der Waals surface area contributed by atoms with Crippen molar-refractivity contribution in [3.63, 3.8) is 0 Å². The van der Waals surface area contributed by atoms with Crippen LogP contribution < -0.4 is 0 Å². The van der Waals surface area contributed by atoms with Crippen molar-refractivity contribution in [3.05, 3.63) is 33.5 Å². The summed E-state index contributed by atoms with van der Waals surface area (Å²) in [6, 6.07) is 4.66. The second kappa shape index (κ2) is 10.4. The normalized spacial score (nSPS) is 19.7. The molecule has 2 atom stereocenters. The maximum absolute atomic E-state index is 11.6. The highest BCUT2D eigenvalue weighted by atomic mass is 32.1. The lowest BCUT2D eigenvalue weighted by atomic mass is 9.66. The molecule has 2 heterocycles. The van der Waals surface area contributed by atoms with Crippen LogP contribution in [0.5, 0.6) is 0 Å². The first-order chi connectivity index (χ1) is 14.1. The van der Waals surface area contributed by atoms with Crippen molar-refractivity contribution in [3.8, 4) is 9.75 Å². The summed E-state index contributed by atoms with van der Waals surface area (Å²) in [4.78, 5) is 15.4. The van der Waals surface area contributed by atoms with Crippen LogP contribution in [0.15, 0.2) is 17.5 Å². The Hall–Kier alpha value is -0.930. The molecule has 0 aliphatic heterocycles. The number of rotatable bonds is 13. The molecule has 0 radical (unpaired) electrons. The molecule has 3 heteroatoms. The van der Waals surface area contributed by atoms with E-state index in [9.17, 15) is 4.79 Å². The molecule has 0 saturated carbocycles. The topological polar surface area (TPSA) is 17.1 Å². The first kappa shape index (κ1) is 22.7. The van der Waals surface area contributed by atoms with Crippen LogP contribution in [0.3, 0.4) is 0 Å². The molecule has 0 spiro atoms. The molecule has 3 rings (SSSR count). The van der Waals surface area contributed by atoms with Crippen molar-refractivity contribution in [1.82, 2.24) is 0 Å². The maximum Gasteiger partial charge on any atom is 0.160 e. The summed E-state index contributed by atoms with van der Waals surface area (Å²) in [5.41, 5.74) is 3.17. The van der Waals surface area contributed by atoms with Gasteiger partial charge < -0.3 is 0 Å². The molecule has 160 valence electrons. The van der Waals surface area contributed by atoms with Crippen LogP contribution in [0.2, 0.25) is 0 Å². The van der Waals surface area contributed by atoms with Gasteiger partial charge in [-0.2, -0.15) is 0 Å². The summed E-state index contributed by atoms with van der Waals surface area (Å²) in [5, 5.41) is 2.28. The Morgan fingerprint density at radius 2 is 1.55 bits per heavy atom. The number of fused-ring (bicyclic) bond motifs is 3. The van der Waals surface area contributed by atoms with E-state index >= 15 is 0 Å². The molecule has 1 nitrogen and oxygen atoms in total. The van der Waals surface area contributed by atoms with Crippen LogP contribution in [-0.2, 0) is 5.41 Å². The van der Waals surface area contributed by atoms with Gasteiger partial charge in [-0.3, -0.25) is 4.79 Å². The van der Waals surface area contributed by atoms with Gasteiger partial charge in [0.1, 0.15) is 0 Å². The zero-order valence-electron chi connectivity index (χ0n) is 18.8. The molecule has 0 N–H and O–H groups in total. The minimum absolute atomic E-state index is 0.116. The lowest BCUT2D eigenvalue weighted by Gasteiger charge is -2.37. The number of unbranched alkanes of at least 4 members (excludes halogenated alkanes) is 2. The predicted octanol–water partition coefficient (Wildman–Crippen LogP) is 9.10. The van der Waals surface area contributed by atoms with Crippen LogP contribution in [0.25, 0.3) is 9.75 Å². The zero-order valence-corrected chi connectivity index (χ0v) is 20.4. The van der Waals surface area contributed by atoms with Gasteiger partial charge in [0.25, 0.3) is 0 Å². The number of thiophene rings is 2. The molecule has 0 fully saturated rings. The molecule has 0 aromatic carbocycles. The van der Waals surface area contributed by atoms with Crippen molar-refractivity contribution < 1.29 is 4.79 Å². The third-order valence-electron chi connectivity index (χ3n) is 7.13. The molecule has 29 heavy (non-hydrogen) atoms. The molecule has 2 aromatic rings. The van der Waals surface area contributed by atoms with Crippen LogP contribution >= 0.6 is 22.7 Å². The van der Waals surface area contributed by atoms with E-state index in [1.165, 1.54) is 79.5 Å². The van der Waals surface area contributed by atoms with Crippen molar-refractivity contribution in [2.24, 2.45) is 11.8 Å². The monoisotopic (exact) mass is 430 g/mol. The number of aldehydes is 1. The molecule has 2 aromatic heterocycles. The predicted molar refractivity (Wildman–Crippen MR) is 130 cm³/mol. The Labute approximate surface area is 185 Å². The quantitative estimate of drug-likeness (QED) is 0.289. The van der Waals surface area contributed by atoms with Gasteiger partial charge in [0.2, 0.25) is 0 Å². The smallest absolute Gasteiger partial charge is 0.160 e. The average Bonchev–Trinajstić information content (AvgIpc) is 3.43. The zero-order chi connectivity index (χ0) is 20.9. The largest absolute Gasteiger partial charge is 0.297 e. The lowest BCUT2D eigenvalue weighted by molar-refractivity contribution is 0.112. The summed E-state index contributed by atoms with van der Waals surface area (Å²) in [5.74, 6) is 1.52. The van der Waals surface area contributed by atoms with Gasteiger partial charge in [0, 0.05) is 15.2 Å². The van der Waals surface area contributed by atoms with E-state index in [1.54, 1.807) is 16.9 Å². The Kier molecular flexibility index (Phi) is 8.15. The minimum atomic E-state index is 0.116. The second-order valence-electron chi connectivity index (χ2n) is 9.00. The molecule has 2 unspecified atom stereocenters. The highest BCUT2D eigenvalue weighted by molar-refractivity contribution is 7.22. The molecule has 1 aliphatic carbocycles. The van der Waals surface area contributed by atoms with Crippen molar-refractivity contribution in [1.29, 1.82) is 0 Å². The highest BCUT2D eigenvalue weighted by Gasteiger charge is 2.47. The summed E-state index contributed by atoms with van der Waals surface area (Å²) in [7, 11) is 0. The minimum Gasteiger partial charge on any atom is -0.297 e. The van der Waals surface area contributed by atoms with Crippen LogP contribution in [0, 0.1) is 11.8 Å². The number of hydrogen-bond donors (Lipinski definition) is 0. The fourth-order valence-corrected chi connectivity index (χ4v) is 7.64. The Morgan fingerprint density at radius 1 is 0.931 bits per heavy atom. The van der Waals surface area contributed by atoms with E-state index in [-0.39, 0.29) is 5.41 Å². The van der Waals surface area contributed by atoms with Gasteiger partial charge in [-0.1, -0.05) is 79.1 Å². The Morgan fingerprint density at radius 3 is 2.07 bits per heavy atom. The van der Waals surface area contributed by atoms with Crippen molar-refractivity contribution in [2.45, 2.75) is 97.3 Å². The number of carbonyl (C=O) groups is 1. The van der Waals surface area contributed by atoms with Crippen LogP contribution in [0.1, 0.15) is 113 Å². The Bertz CT molecular complexity index is 766. The summed E-state index contributed by atoms with van der Waals surface area (Å²) >= 11 is 3.60. The van der Waals surface area contributed by atoms with E-state index in [0.29, 0.717) is 0 Å². The standard InChI is InChI=1S/C26H38OS2/c1-5-9-11-19(7-3)16-26(17-20(8-4)12-10-6-2)22-13-14-28-24(22)25-23(26)15-21(18-27)29-25/h13-15,18-20H,5-12,16-17H2,1-4H3. The van der Waals surface area contributed by atoms with Gasteiger partial charge in [-0.15, -0.1) is 22.7 Å². The van der Waals surface area contributed by atoms with Gasteiger partial charge in [-0.05, 0) is 53.3 Å². The third-order valence-corrected chi connectivity index (χ3v) is 9.27. The van der Waals surface area contributed by atoms with Crippen molar-refractivity contribution in [2.75, 3.05) is 0 Å². The summed E-state index contributed by atoms with van der Waals surface area (Å²) < 4.78 is 0. The van der Waals surface area contributed by atoms with E-state index < -0.39 is 0 Å². The number of hydrogen-bond acceptors (Lipinski definition) is 3. The van der Waals surface area contributed by atoms with E-state index in [4.69, 9.17) is 0 Å². The molecule has 1 aliphatic rings. The fraction of sp³-hybridized carbons (Fsp3) is 0.654. The van der Waals surface area contributed by atoms with Gasteiger partial charge in [0.15, 0.2) is 6.29 Å². The second-order valence-corrected chi connectivity index (χ2v) is 11.0. The third kappa shape index (κ3) is 4.56. The molecule has 0 amide bonds. The first-order valence-electron chi connectivity index (χ1n) is 11.8. The Balaban J connectivity index is 2.05. The number of carbonyl (C=O) groups excluding carboxylic acids is 1. The van der Waals surface area contributed by atoms with Gasteiger partial charge in [-0.25, -0.2) is 0 Å². The van der Waals surface area contributed by atoms with Crippen LogP contribution in [0.4, 0.5) is 0 Å². The van der Waals surface area contributed by atoms with E-state index in [1.807, 2.05) is 11.3 Å². The van der Waals surface area contributed by atoms with Crippen molar-refractivity contribution >= 4 is 29.0 Å². The summed E-state index contributed by atoms with van der Waals surface area (Å²) in [6.45, 7) is 9.36. The summed E-state index contributed by atoms with van der Waals surface area (Å²) in [6.07, 6.45) is 13.9. The van der Waals surface area contributed by atoms with E-state index in [0.717, 1.165) is 23.0 Å². The lowest BCUT2D eigenvalue weighted by Crippen LogP contribution is -2.31. The highest BCUT2D eigenvalue weighted by Crippen LogP contribution is 2.60. The molecule has 0 bridgehead atoms. The van der Waals surface area contributed by atoms with Gasteiger partial charge in [0.05, 0.1) is 4.88 Å². The molecule has 0 saturated heterocycles. The first-order valence-corrected chi connectivity index (χ1v) is 13.5. The van der Waals surface area contributed by atoms with E-state index in [2.05, 4.69) is 45.2 Å². The SMILES string of the molecule is CCCCC(CC)CC1(CC(CC)CCCC)c2ccsc2-c2sc(C=O)cc21. The molecular formula is C26H38OS2. The fourth-order valence-electron chi connectivity index (χ4n) is 5.39. The average molecular weight is 431 g/mol.